The summed E-state index contributed by atoms with van der Waals surface area (Å²) in [5.41, 5.74) is 2.49. The van der Waals surface area contributed by atoms with Crippen LogP contribution in [0.15, 0.2) is 23.6 Å². The van der Waals surface area contributed by atoms with E-state index in [2.05, 4.69) is 28.9 Å². The Morgan fingerprint density at radius 3 is 2.75 bits per heavy atom. The zero-order chi connectivity index (χ0) is 15.9. The van der Waals surface area contributed by atoms with E-state index in [0.29, 0.717) is 19.3 Å². The number of fused-ring (bicyclic) bond motifs is 1. The lowest BCUT2D eigenvalue weighted by molar-refractivity contribution is 0.171. The van der Waals surface area contributed by atoms with E-state index in [1.165, 1.54) is 41.9 Å². The van der Waals surface area contributed by atoms with Crippen LogP contribution in [0.3, 0.4) is 0 Å². The number of rotatable bonds is 6. The largest absolute Gasteiger partial charge is 0.486 e. The van der Waals surface area contributed by atoms with Gasteiger partial charge in [0, 0.05) is 23.9 Å². The molecular formula is C19H22N2O2S. The number of aromatic nitrogens is 1. The molecule has 0 spiro atoms. The second kappa shape index (κ2) is 6.05. The van der Waals surface area contributed by atoms with Crippen molar-refractivity contribution in [2.45, 2.75) is 44.2 Å². The molecule has 3 aliphatic rings. The van der Waals surface area contributed by atoms with Gasteiger partial charge < -0.3 is 14.8 Å². The van der Waals surface area contributed by atoms with E-state index in [1.54, 1.807) is 0 Å². The van der Waals surface area contributed by atoms with Crippen LogP contribution in [0, 0.1) is 5.92 Å². The fourth-order valence-corrected chi connectivity index (χ4v) is 4.37. The van der Waals surface area contributed by atoms with E-state index in [-0.39, 0.29) is 0 Å². The molecule has 0 radical (unpaired) electrons. The van der Waals surface area contributed by atoms with E-state index in [9.17, 15) is 0 Å². The van der Waals surface area contributed by atoms with Gasteiger partial charge in [-0.3, -0.25) is 0 Å². The SMILES string of the molecule is c1cc2c(cc1C(NCc1csc(C3CC3)n1)C1CC1)OCCO2. The van der Waals surface area contributed by atoms with Crippen LogP contribution in [-0.2, 0) is 6.54 Å². The maximum Gasteiger partial charge on any atom is 0.161 e. The zero-order valence-corrected chi connectivity index (χ0v) is 14.5. The third kappa shape index (κ3) is 3.03. The molecule has 1 atom stereocenters. The van der Waals surface area contributed by atoms with Crippen molar-refractivity contribution in [1.29, 1.82) is 0 Å². The summed E-state index contributed by atoms with van der Waals surface area (Å²) in [5.74, 6) is 3.24. The van der Waals surface area contributed by atoms with Crippen molar-refractivity contribution >= 4 is 11.3 Å². The number of ether oxygens (including phenoxy) is 2. The molecule has 2 aliphatic carbocycles. The summed E-state index contributed by atoms with van der Waals surface area (Å²) < 4.78 is 11.4. The monoisotopic (exact) mass is 342 g/mol. The molecule has 1 unspecified atom stereocenters. The van der Waals surface area contributed by atoms with Gasteiger partial charge in [0.2, 0.25) is 0 Å². The molecule has 1 N–H and O–H groups in total. The van der Waals surface area contributed by atoms with Crippen LogP contribution in [0.25, 0.3) is 0 Å². The number of hydrogen-bond donors (Lipinski definition) is 1. The summed E-state index contributed by atoms with van der Waals surface area (Å²) in [6.45, 7) is 2.13. The second-order valence-corrected chi connectivity index (χ2v) is 7.94. The lowest BCUT2D eigenvalue weighted by Gasteiger charge is -2.23. The number of benzene rings is 1. The Morgan fingerprint density at radius 1 is 1.12 bits per heavy atom. The Hall–Kier alpha value is -1.59. The summed E-state index contributed by atoms with van der Waals surface area (Å²) in [5, 5.41) is 7.29. The Kier molecular flexibility index (Phi) is 3.71. The first-order valence-electron chi connectivity index (χ1n) is 8.94. The van der Waals surface area contributed by atoms with Gasteiger partial charge in [-0.1, -0.05) is 6.07 Å². The van der Waals surface area contributed by atoms with Gasteiger partial charge in [0.15, 0.2) is 11.5 Å². The molecule has 5 rings (SSSR count). The first-order chi connectivity index (χ1) is 11.9. The van der Waals surface area contributed by atoms with Crippen molar-refractivity contribution in [3.8, 4) is 11.5 Å². The summed E-state index contributed by atoms with van der Waals surface area (Å²) in [6, 6.07) is 6.77. The van der Waals surface area contributed by atoms with Gasteiger partial charge in [0.05, 0.1) is 10.7 Å². The highest BCUT2D eigenvalue weighted by atomic mass is 32.1. The molecule has 2 fully saturated rings. The minimum atomic E-state index is 0.381. The maximum atomic E-state index is 5.75. The lowest BCUT2D eigenvalue weighted by Crippen LogP contribution is -2.23. The van der Waals surface area contributed by atoms with Gasteiger partial charge in [0.25, 0.3) is 0 Å². The number of thiazole rings is 1. The third-order valence-corrected chi connectivity index (χ3v) is 6.07. The van der Waals surface area contributed by atoms with Gasteiger partial charge >= 0.3 is 0 Å². The van der Waals surface area contributed by atoms with Crippen molar-refractivity contribution < 1.29 is 9.47 Å². The molecule has 1 aromatic carbocycles. The molecule has 2 saturated carbocycles. The van der Waals surface area contributed by atoms with Crippen LogP contribution >= 0.6 is 11.3 Å². The van der Waals surface area contributed by atoms with Crippen molar-refractivity contribution in [1.82, 2.24) is 10.3 Å². The predicted octanol–water partition coefficient (Wildman–Crippen LogP) is 4.03. The standard InChI is InChI=1S/C19H22N2O2S/c1-2-12(1)18(14-5-6-16-17(9-14)23-8-7-22-16)20-10-15-11-24-19(21-15)13-3-4-13/h5-6,9,11-13,18,20H,1-4,7-8,10H2. The molecule has 4 nitrogen and oxygen atoms in total. The van der Waals surface area contributed by atoms with Crippen molar-refractivity contribution in [2.75, 3.05) is 13.2 Å². The fraction of sp³-hybridized carbons (Fsp3) is 0.526. The normalized spacial score (nSPS) is 20.8. The van der Waals surface area contributed by atoms with E-state index in [0.717, 1.165) is 29.9 Å². The third-order valence-electron chi connectivity index (χ3n) is 5.02. The summed E-state index contributed by atoms with van der Waals surface area (Å²) in [6.07, 6.45) is 5.25. The average Bonchev–Trinajstić information content (AvgIpc) is 3.55. The van der Waals surface area contributed by atoms with Gasteiger partial charge in [-0.15, -0.1) is 11.3 Å². The van der Waals surface area contributed by atoms with Gasteiger partial charge in [-0.05, 0) is 49.3 Å². The molecule has 126 valence electrons. The number of hydrogen-bond acceptors (Lipinski definition) is 5. The van der Waals surface area contributed by atoms with Crippen LogP contribution in [0.5, 0.6) is 11.5 Å². The molecular weight excluding hydrogens is 320 g/mol. The predicted molar refractivity (Wildman–Crippen MR) is 93.8 cm³/mol. The Labute approximate surface area is 146 Å². The smallest absolute Gasteiger partial charge is 0.161 e. The van der Waals surface area contributed by atoms with E-state index < -0.39 is 0 Å². The minimum absolute atomic E-state index is 0.381. The summed E-state index contributed by atoms with van der Waals surface area (Å²) >= 11 is 1.82. The average molecular weight is 342 g/mol. The molecule has 24 heavy (non-hydrogen) atoms. The first-order valence-corrected chi connectivity index (χ1v) is 9.82. The zero-order valence-electron chi connectivity index (χ0n) is 13.7. The van der Waals surface area contributed by atoms with Crippen LogP contribution in [0.1, 0.15) is 53.9 Å². The molecule has 2 heterocycles. The molecule has 1 aliphatic heterocycles. The second-order valence-electron chi connectivity index (χ2n) is 7.05. The van der Waals surface area contributed by atoms with Crippen molar-refractivity contribution in [3.63, 3.8) is 0 Å². The molecule has 0 bridgehead atoms. The first kappa shape index (κ1) is 14.7. The summed E-state index contributed by atoms with van der Waals surface area (Å²) in [7, 11) is 0. The highest BCUT2D eigenvalue weighted by molar-refractivity contribution is 7.09. The molecule has 0 amide bonds. The topological polar surface area (TPSA) is 43.4 Å². The Bertz CT molecular complexity index is 737. The van der Waals surface area contributed by atoms with Gasteiger partial charge in [-0.2, -0.15) is 0 Å². The minimum Gasteiger partial charge on any atom is -0.486 e. The quantitative estimate of drug-likeness (QED) is 0.861. The number of nitrogens with zero attached hydrogens (tertiary/aromatic N) is 1. The van der Waals surface area contributed by atoms with Crippen LogP contribution in [0.4, 0.5) is 0 Å². The Balaban J connectivity index is 1.31. The number of nitrogens with one attached hydrogen (secondary N) is 1. The lowest BCUT2D eigenvalue weighted by atomic mass is 10.0. The summed E-state index contributed by atoms with van der Waals surface area (Å²) in [4.78, 5) is 4.80. The van der Waals surface area contributed by atoms with Crippen LogP contribution < -0.4 is 14.8 Å². The van der Waals surface area contributed by atoms with E-state index >= 15 is 0 Å². The van der Waals surface area contributed by atoms with Gasteiger partial charge in [0.1, 0.15) is 13.2 Å². The molecule has 2 aromatic rings. The molecule has 1 aromatic heterocycles. The fourth-order valence-electron chi connectivity index (χ4n) is 3.38. The molecule has 5 heteroatoms. The highest BCUT2D eigenvalue weighted by Gasteiger charge is 2.33. The highest BCUT2D eigenvalue weighted by Crippen LogP contribution is 2.44. The van der Waals surface area contributed by atoms with Crippen LogP contribution in [-0.4, -0.2) is 18.2 Å². The van der Waals surface area contributed by atoms with Crippen LogP contribution in [0.2, 0.25) is 0 Å². The Morgan fingerprint density at radius 2 is 1.96 bits per heavy atom. The van der Waals surface area contributed by atoms with Gasteiger partial charge in [-0.25, -0.2) is 4.98 Å². The maximum absolute atomic E-state index is 5.75. The van der Waals surface area contributed by atoms with Crippen molar-refractivity contribution in [3.05, 3.63) is 39.8 Å². The molecule has 0 saturated heterocycles. The van der Waals surface area contributed by atoms with E-state index in [4.69, 9.17) is 14.5 Å². The van der Waals surface area contributed by atoms with E-state index in [1.807, 2.05) is 11.3 Å². The van der Waals surface area contributed by atoms with Crippen molar-refractivity contribution in [2.24, 2.45) is 5.92 Å².